The summed E-state index contributed by atoms with van der Waals surface area (Å²) in [5.74, 6) is 0.648. The number of nitrogens with zero attached hydrogens (tertiary/aromatic N) is 1. The number of benzene rings is 1. The van der Waals surface area contributed by atoms with E-state index in [1.807, 2.05) is 18.2 Å². The molecule has 0 spiro atoms. The van der Waals surface area contributed by atoms with Gasteiger partial charge in [0.15, 0.2) is 6.10 Å². The summed E-state index contributed by atoms with van der Waals surface area (Å²) in [6.45, 7) is 1.73. The molecule has 1 unspecified atom stereocenters. The van der Waals surface area contributed by atoms with Crippen LogP contribution in [0.4, 0.5) is 5.69 Å². The maximum atomic E-state index is 11.9. The first kappa shape index (κ1) is 13.0. The molecule has 1 aromatic carbocycles. The molecular formula is C15H18N2O3. The number of carbonyl (C=O) groups is 2. The lowest BCUT2D eigenvalue weighted by Gasteiger charge is -2.30. The third-order valence-electron chi connectivity index (χ3n) is 3.67. The van der Waals surface area contributed by atoms with E-state index in [2.05, 4.69) is 5.32 Å². The SMILES string of the molecule is CC1Oc2ccc(CC(=O)NC3CC3)cc2N(C)C1=O. The van der Waals surface area contributed by atoms with Crippen molar-refractivity contribution in [1.82, 2.24) is 5.32 Å². The second kappa shape index (κ2) is 4.81. The lowest BCUT2D eigenvalue weighted by molar-refractivity contribution is -0.125. The molecule has 3 rings (SSSR count). The number of likely N-dealkylation sites (N-methyl/N-ethyl adjacent to an activating group) is 1. The Morgan fingerprint density at radius 1 is 1.45 bits per heavy atom. The van der Waals surface area contributed by atoms with E-state index < -0.39 is 6.10 Å². The summed E-state index contributed by atoms with van der Waals surface area (Å²) in [5.41, 5.74) is 1.62. The third-order valence-corrected chi connectivity index (χ3v) is 3.67. The van der Waals surface area contributed by atoms with Crippen LogP contribution in [0.5, 0.6) is 5.75 Å². The van der Waals surface area contributed by atoms with E-state index in [1.54, 1.807) is 18.9 Å². The zero-order valence-electron chi connectivity index (χ0n) is 11.7. The molecule has 5 nitrogen and oxygen atoms in total. The van der Waals surface area contributed by atoms with Crippen LogP contribution in [0.3, 0.4) is 0 Å². The average molecular weight is 274 g/mol. The molecule has 1 aliphatic carbocycles. The van der Waals surface area contributed by atoms with Crippen LogP contribution in [0.15, 0.2) is 18.2 Å². The van der Waals surface area contributed by atoms with E-state index in [4.69, 9.17) is 4.74 Å². The standard InChI is InChI=1S/C15H18N2O3/c1-9-15(19)17(2)12-7-10(3-6-13(12)20-9)8-14(18)16-11-4-5-11/h3,6-7,9,11H,4-5,8H2,1-2H3,(H,16,18). The Labute approximate surface area is 117 Å². The highest BCUT2D eigenvalue weighted by molar-refractivity contribution is 5.99. The van der Waals surface area contributed by atoms with Crippen molar-refractivity contribution in [1.29, 1.82) is 0 Å². The van der Waals surface area contributed by atoms with Crippen LogP contribution >= 0.6 is 0 Å². The van der Waals surface area contributed by atoms with E-state index in [1.165, 1.54) is 0 Å². The number of amides is 2. The molecule has 1 heterocycles. The van der Waals surface area contributed by atoms with E-state index in [0.29, 0.717) is 18.2 Å². The van der Waals surface area contributed by atoms with Gasteiger partial charge in [-0.1, -0.05) is 6.07 Å². The molecule has 20 heavy (non-hydrogen) atoms. The minimum Gasteiger partial charge on any atom is -0.479 e. The Morgan fingerprint density at radius 3 is 2.90 bits per heavy atom. The second-order valence-electron chi connectivity index (χ2n) is 5.48. The third kappa shape index (κ3) is 2.48. The van der Waals surface area contributed by atoms with Gasteiger partial charge in [-0.3, -0.25) is 9.59 Å². The van der Waals surface area contributed by atoms with Gasteiger partial charge in [0.2, 0.25) is 5.91 Å². The van der Waals surface area contributed by atoms with Crippen molar-refractivity contribution >= 4 is 17.5 Å². The molecule has 1 fully saturated rings. The van der Waals surface area contributed by atoms with Crippen LogP contribution in [-0.2, 0) is 16.0 Å². The zero-order chi connectivity index (χ0) is 14.3. The average Bonchev–Trinajstić information content (AvgIpc) is 3.21. The van der Waals surface area contributed by atoms with Gasteiger partial charge < -0.3 is 15.0 Å². The number of hydrogen-bond donors (Lipinski definition) is 1. The van der Waals surface area contributed by atoms with Gasteiger partial charge >= 0.3 is 0 Å². The van der Waals surface area contributed by atoms with Crippen LogP contribution in [0.25, 0.3) is 0 Å². The van der Waals surface area contributed by atoms with Crippen LogP contribution in [0.1, 0.15) is 25.3 Å². The molecule has 2 amide bonds. The van der Waals surface area contributed by atoms with Crippen molar-refractivity contribution in [2.45, 2.75) is 38.3 Å². The van der Waals surface area contributed by atoms with Crippen molar-refractivity contribution in [2.75, 3.05) is 11.9 Å². The summed E-state index contributed by atoms with van der Waals surface area (Å²) in [5, 5.41) is 2.96. The highest BCUT2D eigenvalue weighted by atomic mass is 16.5. The van der Waals surface area contributed by atoms with Crippen LogP contribution in [0, 0.1) is 0 Å². The number of ether oxygens (including phenoxy) is 1. The predicted molar refractivity (Wildman–Crippen MR) is 74.8 cm³/mol. The van der Waals surface area contributed by atoms with Crippen molar-refractivity contribution in [2.24, 2.45) is 0 Å². The topological polar surface area (TPSA) is 58.6 Å². The number of fused-ring (bicyclic) bond motifs is 1. The Hall–Kier alpha value is -2.04. The van der Waals surface area contributed by atoms with E-state index in [0.717, 1.165) is 24.1 Å². The van der Waals surface area contributed by atoms with E-state index >= 15 is 0 Å². The molecular weight excluding hydrogens is 256 g/mol. The molecule has 0 aromatic heterocycles. The highest BCUT2D eigenvalue weighted by Crippen LogP contribution is 2.34. The normalized spacial score (nSPS) is 21.2. The van der Waals surface area contributed by atoms with Crippen molar-refractivity contribution < 1.29 is 14.3 Å². The minimum atomic E-state index is -0.462. The van der Waals surface area contributed by atoms with Gasteiger partial charge in [0, 0.05) is 13.1 Å². The number of anilines is 1. The lowest BCUT2D eigenvalue weighted by Crippen LogP contribution is -2.42. The molecule has 2 aliphatic rings. The molecule has 1 atom stereocenters. The lowest BCUT2D eigenvalue weighted by atomic mass is 10.1. The van der Waals surface area contributed by atoms with Crippen molar-refractivity contribution in [3.05, 3.63) is 23.8 Å². The maximum Gasteiger partial charge on any atom is 0.267 e. The quantitative estimate of drug-likeness (QED) is 0.902. The Bertz CT molecular complexity index is 566. The molecule has 106 valence electrons. The second-order valence-corrected chi connectivity index (χ2v) is 5.48. The van der Waals surface area contributed by atoms with E-state index in [-0.39, 0.29) is 11.8 Å². The summed E-state index contributed by atoms with van der Waals surface area (Å²) < 4.78 is 5.56. The monoisotopic (exact) mass is 274 g/mol. The smallest absolute Gasteiger partial charge is 0.267 e. The first-order valence-electron chi connectivity index (χ1n) is 6.91. The summed E-state index contributed by atoms with van der Waals surface area (Å²) in [6, 6.07) is 5.93. The summed E-state index contributed by atoms with van der Waals surface area (Å²) in [6.07, 6.45) is 2.04. The maximum absolute atomic E-state index is 11.9. The molecule has 1 saturated carbocycles. The first-order chi connectivity index (χ1) is 9.54. The first-order valence-corrected chi connectivity index (χ1v) is 6.91. The van der Waals surface area contributed by atoms with E-state index in [9.17, 15) is 9.59 Å². The van der Waals surface area contributed by atoms with Crippen LogP contribution in [-0.4, -0.2) is 31.0 Å². The largest absolute Gasteiger partial charge is 0.479 e. The van der Waals surface area contributed by atoms with Gasteiger partial charge in [-0.05, 0) is 37.5 Å². The summed E-state index contributed by atoms with van der Waals surface area (Å²) >= 11 is 0. The Balaban J connectivity index is 1.77. The number of hydrogen-bond acceptors (Lipinski definition) is 3. The minimum absolute atomic E-state index is 0.0338. The fraction of sp³-hybridized carbons (Fsp3) is 0.467. The van der Waals surface area contributed by atoms with Crippen molar-refractivity contribution in [3.63, 3.8) is 0 Å². The molecule has 0 bridgehead atoms. The van der Waals surface area contributed by atoms with Gasteiger partial charge in [-0.15, -0.1) is 0 Å². The molecule has 1 aliphatic heterocycles. The van der Waals surface area contributed by atoms with Gasteiger partial charge in [0.05, 0.1) is 12.1 Å². The molecule has 1 N–H and O–H groups in total. The molecule has 5 heteroatoms. The van der Waals surface area contributed by atoms with Gasteiger partial charge in [-0.2, -0.15) is 0 Å². The number of rotatable bonds is 3. The molecule has 1 aromatic rings. The fourth-order valence-electron chi connectivity index (χ4n) is 2.36. The van der Waals surface area contributed by atoms with Gasteiger partial charge in [0.1, 0.15) is 5.75 Å². The number of nitrogens with one attached hydrogen (secondary N) is 1. The van der Waals surface area contributed by atoms with Gasteiger partial charge in [0.25, 0.3) is 5.91 Å². The van der Waals surface area contributed by atoms with Crippen molar-refractivity contribution in [3.8, 4) is 5.75 Å². The molecule has 0 saturated heterocycles. The summed E-state index contributed by atoms with van der Waals surface area (Å²) in [4.78, 5) is 25.3. The summed E-state index contributed by atoms with van der Waals surface area (Å²) in [7, 11) is 1.73. The highest BCUT2D eigenvalue weighted by Gasteiger charge is 2.29. The fourth-order valence-corrected chi connectivity index (χ4v) is 2.36. The Morgan fingerprint density at radius 2 is 2.20 bits per heavy atom. The van der Waals surface area contributed by atoms with Crippen LogP contribution in [0.2, 0.25) is 0 Å². The molecule has 0 radical (unpaired) electrons. The van der Waals surface area contributed by atoms with Gasteiger partial charge in [-0.25, -0.2) is 0 Å². The van der Waals surface area contributed by atoms with Crippen LogP contribution < -0.4 is 15.0 Å². The predicted octanol–water partition coefficient (Wildman–Crippen LogP) is 1.25. The number of carbonyl (C=O) groups excluding carboxylic acids is 2. The zero-order valence-corrected chi connectivity index (χ0v) is 11.7. The Kier molecular flexibility index (Phi) is 3.12.